The van der Waals surface area contributed by atoms with Gasteiger partial charge in [0.05, 0.1) is 26.7 Å². The molecule has 0 spiro atoms. The number of hydrogen-bond donors (Lipinski definition) is 1. The van der Waals surface area contributed by atoms with E-state index in [1.54, 1.807) is 0 Å². The third-order valence-electron chi connectivity index (χ3n) is 4.71. The number of nitrogens with zero attached hydrogens (tertiary/aromatic N) is 1. The first-order chi connectivity index (χ1) is 15.1. The number of nitrogens with one attached hydrogen (secondary N) is 1. The van der Waals surface area contributed by atoms with E-state index in [1.165, 1.54) is 18.4 Å². The van der Waals surface area contributed by atoms with Crippen LogP contribution in [0.4, 0.5) is 5.13 Å². The summed E-state index contributed by atoms with van der Waals surface area (Å²) >= 11 is 1.27. The van der Waals surface area contributed by atoms with Gasteiger partial charge in [-0.15, -0.1) is 11.3 Å². The van der Waals surface area contributed by atoms with Gasteiger partial charge in [-0.25, -0.2) is 9.78 Å². The predicted molar refractivity (Wildman–Crippen MR) is 117 cm³/mol. The fraction of sp³-hybridized carbons (Fsp3) is 0.261. The van der Waals surface area contributed by atoms with Crippen LogP contribution in [-0.4, -0.2) is 37.2 Å². The zero-order valence-corrected chi connectivity index (χ0v) is 17.9. The molecule has 0 saturated heterocycles. The van der Waals surface area contributed by atoms with Crippen LogP contribution in [0.1, 0.15) is 32.9 Å². The summed E-state index contributed by atoms with van der Waals surface area (Å²) in [6.45, 7) is 1.20. The molecular formula is C23H22N2O5S. The van der Waals surface area contributed by atoms with E-state index >= 15 is 0 Å². The first kappa shape index (κ1) is 20.9. The first-order valence-corrected chi connectivity index (χ1v) is 10.7. The number of esters is 1. The van der Waals surface area contributed by atoms with Crippen molar-refractivity contribution in [2.45, 2.75) is 19.3 Å². The summed E-state index contributed by atoms with van der Waals surface area (Å²) < 4.78 is 16.2. The zero-order valence-electron chi connectivity index (χ0n) is 17.1. The maximum Gasteiger partial charge on any atom is 0.357 e. The molecule has 0 bridgehead atoms. The third kappa shape index (κ3) is 5.21. The molecule has 2 aromatic carbocycles. The van der Waals surface area contributed by atoms with Crippen molar-refractivity contribution in [3.05, 3.63) is 70.2 Å². The average Bonchev–Trinajstić information content (AvgIpc) is 3.01. The second kappa shape index (κ2) is 9.61. The second-order valence-electron chi connectivity index (χ2n) is 7.00. The summed E-state index contributed by atoms with van der Waals surface area (Å²) in [5.41, 5.74) is 2.07. The Morgan fingerprint density at radius 1 is 1.06 bits per heavy atom. The number of thiazole rings is 1. The van der Waals surface area contributed by atoms with Gasteiger partial charge in [0.25, 0.3) is 0 Å². The Morgan fingerprint density at radius 3 is 2.61 bits per heavy atom. The van der Waals surface area contributed by atoms with Crippen molar-refractivity contribution >= 4 is 28.3 Å². The van der Waals surface area contributed by atoms with Gasteiger partial charge >= 0.3 is 5.97 Å². The lowest BCUT2D eigenvalue weighted by Crippen LogP contribution is -2.14. The van der Waals surface area contributed by atoms with Crippen LogP contribution in [0, 0.1) is 0 Å². The molecule has 0 saturated carbocycles. The van der Waals surface area contributed by atoms with Crippen LogP contribution < -0.4 is 14.8 Å². The van der Waals surface area contributed by atoms with E-state index in [2.05, 4.69) is 10.3 Å². The molecule has 1 N–H and O–H groups in total. The molecule has 1 amide bonds. The van der Waals surface area contributed by atoms with Crippen molar-refractivity contribution in [2.24, 2.45) is 0 Å². The van der Waals surface area contributed by atoms with Crippen LogP contribution in [0.3, 0.4) is 0 Å². The van der Waals surface area contributed by atoms with Crippen LogP contribution >= 0.6 is 11.3 Å². The summed E-state index contributed by atoms with van der Waals surface area (Å²) in [5.74, 6) is 0.585. The average molecular weight is 439 g/mol. The molecule has 2 heterocycles. The van der Waals surface area contributed by atoms with Crippen molar-refractivity contribution < 1.29 is 23.8 Å². The largest absolute Gasteiger partial charge is 0.490 e. The number of aromatic nitrogens is 1. The highest BCUT2D eigenvalue weighted by Gasteiger charge is 2.20. The van der Waals surface area contributed by atoms with Crippen molar-refractivity contribution in [1.82, 2.24) is 4.98 Å². The van der Waals surface area contributed by atoms with Crippen LogP contribution in [-0.2, 0) is 22.4 Å². The SMILES string of the molecule is COC(=O)c1nc(NC(=O)Cc2ccc3c(c2)OCCCO3)sc1Cc1ccccc1. The summed E-state index contributed by atoms with van der Waals surface area (Å²) in [6.07, 6.45) is 1.50. The summed E-state index contributed by atoms with van der Waals surface area (Å²) in [5, 5.41) is 3.16. The number of fused-ring (bicyclic) bond motifs is 1. The number of hydrogen-bond acceptors (Lipinski definition) is 7. The second-order valence-corrected chi connectivity index (χ2v) is 8.08. The van der Waals surface area contributed by atoms with Crippen molar-refractivity contribution in [3.63, 3.8) is 0 Å². The molecule has 3 aromatic rings. The monoisotopic (exact) mass is 438 g/mol. The Hall–Kier alpha value is -3.39. The number of benzene rings is 2. The molecule has 1 aliphatic heterocycles. The maximum atomic E-state index is 12.6. The first-order valence-electron chi connectivity index (χ1n) is 9.92. The number of anilines is 1. The van der Waals surface area contributed by atoms with E-state index in [-0.39, 0.29) is 18.0 Å². The number of ether oxygens (including phenoxy) is 3. The molecule has 0 fully saturated rings. The van der Waals surface area contributed by atoms with E-state index in [0.717, 1.165) is 22.4 Å². The molecule has 8 heteroatoms. The third-order valence-corrected chi connectivity index (χ3v) is 5.68. The molecule has 0 aliphatic carbocycles. The Bertz CT molecular complexity index is 1080. The van der Waals surface area contributed by atoms with Crippen molar-refractivity contribution in [2.75, 3.05) is 25.6 Å². The van der Waals surface area contributed by atoms with Gasteiger partial charge in [-0.3, -0.25) is 4.79 Å². The fourth-order valence-electron chi connectivity index (χ4n) is 3.23. The molecule has 160 valence electrons. The predicted octanol–water partition coefficient (Wildman–Crippen LogP) is 3.86. The van der Waals surface area contributed by atoms with Crippen LogP contribution in [0.2, 0.25) is 0 Å². The van der Waals surface area contributed by atoms with Gasteiger partial charge in [-0.2, -0.15) is 0 Å². The van der Waals surface area contributed by atoms with Crippen LogP contribution in [0.15, 0.2) is 48.5 Å². The smallest absolute Gasteiger partial charge is 0.357 e. The van der Waals surface area contributed by atoms with Crippen LogP contribution in [0.5, 0.6) is 11.5 Å². The van der Waals surface area contributed by atoms with Crippen molar-refractivity contribution in [3.8, 4) is 11.5 Å². The number of carbonyl (C=O) groups is 2. The van der Waals surface area contributed by atoms with Gasteiger partial charge in [0, 0.05) is 17.7 Å². The summed E-state index contributed by atoms with van der Waals surface area (Å²) in [6, 6.07) is 15.2. The highest BCUT2D eigenvalue weighted by molar-refractivity contribution is 7.16. The molecule has 4 rings (SSSR count). The Labute approximate surface area is 184 Å². The normalized spacial score (nSPS) is 12.7. The minimum atomic E-state index is -0.523. The fourth-order valence-corrected chi connectivity index (χ4v) is 4.23. The Balaban J connectivity index is 1.47. The maximum absolute atomic E-state index is 12.6. The molecule has 1 aromatic heterocycles. The Morgan fingerprint density at radius 2 is 1.84 bits per heavy atom. The molecule has 1 aliphatic rings. The number of methoxy groups -OCH3 is 1. The van der Waals surface area contributed by atoms with Crippen molar-refractivity contribution in [1.29, 1.82) is 0 Å². The van der Waals surface area contributed by atoms with Crippen LogP contribution in [0.25, 0.3) is 0 Å². The lowest BCUT2D eigenvalue weighted by Gasteiger charge is -2.09. The molecule has 0 unspecified atom stereocenters. The highest BCUT2D eigenvalue weighted by atomic mass is 32.1. The van der Waals surface area contributed by atoms with Gasteiger partial charge in [0.1, 0.15) is 0 Å². The highest BCUT2D eigenvalue weighted by Crippen LogP contribution is 2.31. The molecule has 0 atom stereocenters. The number of amides is 1. The molecule has 0 radical (unpaired) electrons. The molecule has 7 nitrogen and oxygen atoms in total. The summed E-state index contributed by atoms with van der Waals surface area (Å²) in [4.78, 5) is 29.8. The van der Waals surface area contributed by atoms with E-state index in [1.807, 2.05) is 48.5 Å². The topological polar surface area (TPSA) is 86.8 Å². The standard InChI is InChI=1S/C23H22N2O5S/c1-28-22(27)21-19(13-15-6-3-2-4-7-15)31-23(25-21)24-20(26)14-16-8-9-17-18(12-16)30-11-5-10-29-17/h2-4,6-9,12H,5,10-11,13-14H2,1H3,(H,24,25,26). The van der Waals surface area contributed by atoms with E-state index in [4.69, 9.17) is 14.2 Å². The number of carbonyl (C=O) groups excluding carboxylic acids is 2. The van der Waals surface area contributed by atoms with Gasteiger partial charge in [-0.05, 0) is 23.3 Å². The lowest BCUT2D eigenvalue weighted by molar-refractivity contribution is -0.115. The Kier molecular flexibility index (Phi) is 6.47. The summed E-state index contributed by atoms with van der Waals surface area (Å²) in [7, 11) is 1.32. The minimum absolute atomic E-state index is 0.151. The van der Waals surface area contributed by atoms with Gasteiger partial charge in [-0.1, -0.05) is 36.4 Å². The number of rotatable bonds is 6. The van der Waals surface area contributed by atoms with E-state index in [9.17, 15) is 9.59 Å². The minimum Gasteiger partial charge on any atom is -0.490 e. The quantitative estimate of drug-likeness (QED) is 0.588. The van der Waals surface area contributed by atoms with E-state index in [0.29, 0.717) is 36.3 Å². The zero-order chi connectivity index (χ0) is 21.6. The van der Waals surface area contributed by atoms with Gasteiger partial charge in [0.2, 0.25) is 5.91 Å². The van der Waals surface area contributed by atoms with Gasteiger partial charge in [0.15, 0.2) is 22.3 Å². The molecule has 31 heavy (non-hydrogen) atoms. The molecular weight excluding hydrogens is 416 g/mol. The van der Waals surface area contributed by atoms with E-state index < -0.39 is 5.97 Å². The van der Waals surface area contributed by atoms with Gasteiger partial charge < -0.3 is 19.5 Å². The lowest BCUT2D eigenvalue weighted by atomic mass is 10.1.